The molecule has 0 fully saturated rings. The summed E-state index contributed by atoms with van der Waals surface area (Å²) in [5.74, 6) is 0. The number of carbonyl (C=O) groups excluding carboxylic acids is 2. The minimum Gasteiger partial charge on any atom is -0.530 e. The van der Waals surface area contributed by atoms with Crippen molar-refractivity contribution < 1.29 is 29.6 Å². The monoisotopic (exact) mass is 577 g/mol. The summed E-state index contributed by atoms with van der Waals surface area (Å²) in [4.78, 5) is 29.9. The molecule has 4 N–H and O–H groups in total. The minimum absolute atomic E-state index is 0.00762. The number of aliphatic hydroxyl groups is 2. The Hall–Kier alpha value is -3.99. The number of ether oxygens (including phenoxy) is 1. The molecule has 0 saturated heterocycles. The van der Waals surface area contributed by atoms with Crippen molar-refractivity contribution in [2.24, 2.45) is 0 Å². The lowest BCUT2D eigenvalue weighted by atomic mass is 9.98. The average Bonchev–Trinajstić information content (AvgIpc) is 2.95. The van der Waals surface area contributed by atoms with Crippen molar-refractivity contribution in [3.63, 3.8) is 0 Å². The van der Waals surface area contributed by atoms with Gasteiger partial charge in [0.25, 0.3) is 0 Å². The fourth-order valence-corrected chi connectivity index (χ4v) is 4.58. The molecule has 0 spiro atoms. The molecule has 2 aromatic carbocycles. The van der Waals surface area contributed by atoms with Crippen LogP contribution in [0.2, 0.25) is 0 Å². The Balaban J connectivity index is 1.70. The van der Waals surface area contributed by atoms with Gasteiger partial charge in [-0.05, 0) is 56.4 Å². The highest BCUT2D eigenvalue weighted by Crippen LogP contribution is 2.16. The molecule has 42 heavy (non-hydrogen) atoms. The van der Waals surface area contributed by atoms with Crippen molar-refractivity contribution in [3.05, 3.63) is 102 Å². The van der Waals surface area contributed by atoms with Gasteiger partial charge in [0.2, 0.25) is 0 Å². The van der Waals surface area contributed by atoms with Gasteiger partial charge in [0.05, 0.1) is 24.3 Å². The molecule has 1 heterocycles. The summed E-state index contributed by atoms with van der Waals surface area (Å²) >= 11 is 0. The average molecular weight is 578 g/mol. The number of alkyl carbamates (subject to hydrolysis) is 1. The lowest BCUT2D eigenvalue weighted by molar-refractivity contribution is -0.270. The van der Waals surface area contributed by atoms with E-state index >= 15 is 0 Å². The highest BCUT2D eigenvalue weighted by molar-refractivity contribution is 5.68. The summed E-state index contributed by atoms with van der Waals surface area (Å²) in [5, 5.41) is 40.4. The van der Waals surface area contributed by atoms with Gasteiger partial charge in [0, 0.05) is 32.0 Å². The Labute approximate surface area is 247 Å². The van der Waals surface area contributed by atoms with E-state index in [0.717, 1.165) is 16.0 Å². The zero-order valence-corrected chi connectivity index (χ0v) is 24.3. The molecule has 2 amide bonds. The third-order valence-electron chi connectivity index (χ3n) is 6.61. The quantitative estimate of drug-likeness (QED) is 0.228. The second-order valence-electron chi connectivity index (χ2n) is 11.2. The van der Waals surface area contributed by atoms with Crippen LogP contribution in [-0.2, 0) is 24.1 Å². The maximum absolute atomic E-state index is 12.5. The zero-order chi connectivity index (χ0) is 30.5. The summed E-state index contributed by atoms with van der Waals surface area (Å²) in [5.41, 5.74) is 1.72. The van der Waals surface area contributed by atoms with Crippen LogP contribution in [0.4, 0.5) is 9.59 Å². The minimum atomic E-state index is -1.41. The summed E-state index contributed by atoms with van der Waals surface area (Å²) in [6.45, 7) is 5.27. The van der Waals surface area contributed by atoms with E-state index in [-0.39, 0.29) is 26.1 Å². The molecule has 1 aromatic heterocycles. The zero-order valence-electron chi connectivity index (χ0n) is 24.3. The first-order valence-electron chi connectivity index (χ1n) is 14.0. The van der Waals surface area contributed by atoms with Gasteiger partial charge in [-0.1, -0.05) is 66.7 Å². The number of carboxylic acid groups (broad SMARTS) is 1. The van der Waals surface area contributed by atoms with Crippen LogP contribution in [0.15, 0.2) is 85.2 Å². The van der Waals surface area contributed by atoms with Crippen LogP contribution in [0.25, 0.3) is 0 Å². The second-order valence-corrected chi connectivity index (χ2v) is 11.2. The molecule has 0 unspecified atom stereocenters. The van der Waals surface area contributed by atoms with Crippen LogP contribution in [0, 0.1) is 0 Å². The maximum Gasteiger partial charge on any atom is 0.407 e. The van der Waals surface area contributed by atoms with Gasteiger partial charge < -0.3 is 40.4 Å². The molecular weight excluding hydrogens is 536 g/mol. The Bertz CT molecular complexity index is 1220. The number of aliphatic hydroxyl groups excluding tert-OH is 2. The number of hydrogen-bond donors (Lipinski definition) is 4. The second kappa shape index (κ2) is 15.9. The number of rotatable bonds is 14. The van der Waals surface area contributed by atoms with Crippen molar-refractivity contribution in [2.45, 2.75) is 70.1 Å². The van der Waals surface area contributed by atoms with Crippen LogP contribution in [-0.4, -0.2) is 75.3 Å². The topological polar surface area (TPSA) is 147 Å². The fraction of sp³-hybridized carbons (Fsp3) is 0.406. The van der Waals surface area contributed by atoms with Crippen molar-refractivity contribution in [1.82, 2.24) is 20.5 Å². The number of aromatic nitrogens is 1. The van der Waals surface area contributed by atoms with E-state index in [0.29, 0.717) is 12.0 Å². The molecule has 0 aliphatic carbocycles. The Morgan fingerprint density at radius 3 is 2.00 bits per heavy atom. The highest BCUT2D eigenvalue weighted by Gasteiger charge is 2.29. The first-order chi connectivity index (χ1) is 20.0. The molecule has 0 saturated carbocycles. The van der Waals surface area contributed by atoms with Crippen LogP contribution in [0.5, 0.6) is 0 Å². The van der Waals surface area contributed by atoms with E-state index in [9.17, 15) is 24.9 Å². The van der Waals surface area contributed by atoms with Crippen molar-refractivity contribution >= 4 is 12.2 Å². The predicted octanol–water partition coefficient (Wildman–Crippen LogP) is 2.29. The Kier molecular flexibility index (Phi) is 12.3. The van der Waals surface area contributed by atoms with Crippen LogP contribution < -0.4 is 15.7 Å². The smallest absolute Gasteiger partial charge is 0.407 e. The SMILES string of the molecule is CC(C)(C)OC(=O)N[C@@H](Cc1ccccc1)[C@H](O)CNC[C@@H](O)[C@H](Cc1ccccc1)N(Cc1cccnc1)C(=O)[O-]. The molecule has 3 aromatic rings. The fourth-order valence-electron chi connectivity index (χ4n) is 4.58. The van der Waals surface area contributed by atoms with E-state index in [1.165, 1.54) is 0 Å². The van der Waals surface area contributed by atoms with E-state index in [2.05, 4.69) is 15.6 Å². The Morgan fingerprint density at radius 1 is 0.881 bits per heavy atom. The third-order valence-corrected chi connectivity index (χ3v) is 6.61. The van der Waals surface area contributed by atoms with Gasteiger partial charge in [-0.3, -0.25) is 4.98 Å². The van der Waals surface area contributed by atoms with E-state index < -0.39 is 42.1 Å². The van der Waals surface area contributed by atoms with Crippen LogP contribution in [0.1, 0.15) is 37.5 Å². The highest BCUT2D eigenvalue weighted by atomic mass is 16.6. The van der Waals surface area contributed by atoms with Gasteiger partial charge in [0.15, 0.2) is 0 Å². The molecule has 3 rings (SSSR count). The van der Waals surface area contributed by atoms with Gasteiger partial charge in [-0.15, -0.1) is 0 Å². The molecule has 0 aliphatic rings. The molecule has 10 nitrogen and oxygen atoms in total. The van der Waals surface area contributed by atoms with Crippen molar-refractivity contribution in [3.8, 4) is 0 Å². The van der Waals surface area contributed by atoms with Gasteiger partial charge in [0.1, 0.15) is 11.7 Å². The van der Waals surface area contributed by atoms with Crippen LogP contribution in [0.3, 0.4) is 0 Å². The first-order valence-corrected chi connectivity index (χ1v) is 14.0. The van der Waals surface area contributed by atoms with Crippen molar-refractivity contribution in [2.75, 3.05) is 13.1 Å². The van der Waals surface area contributed by atoms with E-state index in [1.807, 2.05) is 60.7 Å². The molecule has 4 atom stereocenters. The number of hydrogen-bond acceptors (Lipinski definition) is 8. The maximum atomic E-state index is 12.5. The summed E-state index contributed by atoms with van der Waals surface area (Å²) in [6.07, 6.45) is -0.470. The molecule has 0 aliphatic heterocycles. The largest absolute Gasteiger partial charge is 0.530 e. The summed E-state index contributed by atoms with van der Waals surface area (Å²) in [6, 6.07) is 20.7. The van der Waals surface area contributed by atoms with Crippen molar-refractivity contribution in [1.29, 1.82) is 0 Å². The summed E-state index contributed by atoms with van der Waals surface area (Å²) < 4.78 is 5.39. The lowest BCUT2D eigenvalue weighted by Crippen LogP contribution is -2.55. The van der Waals surface area contributed by atoms with E-state index in [1.54, 1.807) is 45.3 Å². The molecule has 226 valence electrons. The normalized spacial score (nSPS) is 14.3. The standard InChI is InChI=1S/C32H42N4O6/c1-32(2,3)42-30(39)35-26(17-23-11-6-4-7-12-23)28(37)20-34-21-29(38)27(18-24-13-8-5-9-14-24)36(31(40)41)22-25-15-10-16-33-19-25/h4-16,19,26-29,34,37-38H,17-18,20-22H2,1-3H3,(H,35,39)(H,40,41)/p-1/t26-,27-,28+,29+/m0/s1. The molecule has 0 bridgehead atoms. The van der Waals surface area contributed by atoms with Gasteiger partial charge in [-0.2, -0.15) is 0 Å². The number of nitrogens with zero attached hydrogens (tertiary/aromatic N) is 2. The number of carbonyl (C=O) groups is 2. The molecular formula is C32H41N4O6-. The van der Waals surface area contributed by atoms with Gasteiger partial charge in [-0.25, -0.2) is 4.79 Å². The third kappa shape index (κ3) is 11.1. The Morgan fingerprint density at radius 2 is 1.45 bits per heavy atom. The van der Waals surface area contributed by atoms with Crippen LogP contribution >= 0.6 is 0 Å². The molecule has 10 heteroatoms. The number of amides is 2. The predicted molar refractivity (Wildman–Crippen MR) is 157 cm³/mol. The number of benzene rings is 2. The van der Waals surface area contributed by atoms with Gasteiger partial charge >= 0.3 is 6.09 Å². The summed E-state index contributed by atoms with van der Waals surface area (Å²) in [7, 11) is 0. The first kappa shape index (κ1) is 32.5. The lowest BCUT2D eigenvalue weighted by Gasteiger charge is -2.37. The number of pyridine rings is 1. The number of nitrogens with one attached hydrogen (secondary N) is 2. The molecule has 0 radical (unpaired) electrons. The van der Waals surface area contributed by atoms with E-state index in [4.69, 9.17) is 4.74 Å².